The van der Waals surface area contributed by atoms with Gasteiger partial charge in [0, 0.05) is 18.8 Å². The van der Waals surface area contributed by atoms with Gasteiger partial charge in [0.15, 0.2) is 0 Å². The first kappa shape index (κ1) is 14.4. The molecular formula is C14H17NO2S2. The van der Waals surface area contributed by atoms with Crippen LogP contribution in [0.3, 0.4) is 0 Å². The Hall–Kier alpha value is -0.960. The molecule has 1 aromatic rings. The zero-order valence-corrected chi connectivity index (χ0v) is 12.6. The van der Waals surface area contributed by atoms with Crippen molar-refractivity contribution in [2.75, 3.05) is 31.2 Å². The number of hydrogen-bond acceptors (Lipinski definition) is 4. The van der Waals surface area contributed by atoms with E-state index in [1.807, 2.05) is 29.7 Å². The Bertz CT molecular complexity index is 505. The molecule has 0 atom stereocenters. The third-order valence-electron chi connectivity index (χ3n) is 2.92. The predicted molar refractivity (Wildman–Crippen MR) is 80.9 cm³/mol. The van der Waals surface area contributed by atoms with E-state index in [1.165, 1.54) is 11.3 Å². The maximum atomic E-state index is 12.4. The van der Waals surface area contributed by atoms with Gasteiger partial charge in [0.2, 0.25) is 0 Å². The summed E-state index contributed by atoms with van der Waals surface area (Å²) in [6, 6.07) is 1.91. The van der Waals surface area contributed by atoms with Crippen LogP contribution < -0.4 is 0 Å². The number of nitrogens with zero attached hydrogens (tertiary/aromatic N) is 1. The highest BCUT2D eigenvalue weighted by molar-refractivity contribution is 7.99. The van der Waals surface area contributed by atoms with Gasteiger partial charge in [-0.1, -0.05) is 11.8 Å². The first-order chi connectivity index (χ1) is 9.22. The molecule has 1 aliphatic heterocycles. The first-order valence-electron chi connectivity index (χ1n) is 6.29. The van der Waals surface area contributed by atoms with Crippen molar-refractivity contribution in [2.24, 2.45) is 0 Å². The van der Waals surface area contributed by atoms with Crippen molar-refractivity contribution in [3.63, 3.8) is 0 Å². The topological polar surface area (TPSA) is 40.5 Å². The summed E-state index contributed by atoms with van der Waals surface area (Å²) in [5, 5.41) is 8.72. The molecule has 102 valence electrons. The molecule has 1 fully saturated rings. The Morgan fingerprint density at radius 3 is 3.11 bits per heavy atom. The molecule has 3 nitrogen and oxygen atoms in total. The molecule has 19 heavy (non-hydrogen) atoms. The summed E-state index contributed by atoms with van der Waals surface area (Å²) in [6.07, 6.45) is 1.07. The average molecular weight is 295 g/mol. The maximum absolute atomic E-state index is 12.4. The molecule has 5 heteroatoms. The van der Waals surface area contributed by atoms with Gasteiger partial charge in [-0.2, -0.15) is 11.8 Å². The predicted octanol–water partition coefficient (Wildman–Crippen LogP) is 1.98. The molecule has 1 saturated heterocycles. The van der Waals surface area contributed by atoms with E-state index in [0.29, 0.717) is 0 Å². The molecule has 0 spiro atoms. The average Bonchev–Trinajstić information content (AvgIpc) is 2.64. The largest absolute Gasteiger partial charge is 0.384 e. The third-order valence-corrected chi connectivity index (χ3v) is 5.11. The standard InChI is InChI=1S/C14H17NO2S2/c1-11-10-13(19-12(11)4-2-7-16)14(17)15-5-3-8-18-9-6-15/h10,16H,3,5-9H2,1H3. The van der Waals surface area contributed by atoms with Crippen LogP contribution >= 0.6 is 23.1 Å². The minimum absolute atomic E-state index is 0.118. The smallest absolute Gasteiger partial charge is 0.264 e. The van der Waals surface area contributed by atoms with E-state index >= 15 is 0 Å². The molecule has 0 unspecified atom stereocenters. The van der Waals surface area contributed by atoms with Gasteiger partial charge < -0.3 is 10.0 Å². The number of aryl methyl sites for hydroxylation is 1. The van der Waals surface area contributed by atoms with Gasteiger partial charge in [-0.25, -0.2) is 0 Å². The monoisotopic (exact) mass is 295 g/mol. The summed E-state index contributed by atoms with van der Waals surface area (Å²) < 4.78 is 0. The van der Waals surface area contributed by atoms with Crippen LogP contribution in [0, 0.1) is 18.8 Å². The van der Waals surface area contributed by atoms with E-state index in [0.717, 1.165) is 46.3 Å². The van der Waals surface area contributed by atoms with E-state index in [1.54, 1.807) is 0 Å². The highest BCUT2D eigenvalue weighted by atomic mass is 32.2. The fraction of sp³-hybridized carbons (Fsp3) is 0.500. The summed E-state index contributed by atoms with van der Waals surface area (Å²) in [7, 11) is 0. The molecule has 1 N–H and O–H groups in total. The van der Waals surface area contributed by atoms with Gasteiger partial charge in [-0.15, -0.1) is 11.3 Å². The van der Waals surface area contributed by atoms with Crippen molar-refractivity contribution in [1.82, 2.24) is 4.90 Å². The van der Waals surface area contributed by atoms with Crippen molar-refractivity contribution in [1.29, 1.82) is 0 Å². The summed E-state index contributed by atoms with van der Waals surface area (Å²) in [4.78, 5) is 16.0. The number of carbonyl (C=O) groups is 1. The van der Waals surface area contributed by atoms with Crippen LogP contribution in [0.2, 0.25) is 0 Å². The van der Waals surface area contributed by atoms with E-state index in [9.17, 15) is 4.79 Å². The quantitative estimate of drug-likeness (QED) is 0.806. The van der Waals surface area contributed by atoms with E-state index < -0.39 is 0 Å². The van der Waals surface area contributed by atoms with E-state index in [2.05, 4.69) is 11.8 Å². The number of thioether (sulfide) groups is 1. The number of hydrogen-bond donors (Lipinski definition) is 1. The fourth-order valence-corrected chi connectivity index (χ4v) is 3.84. The minimum Gasteiger partial charge on any atom is -0.384 e. The second-order valence-corrected chi connectivity index (χ2v) is 6.62. The van der Waals surface area contributed by atoms with Gasteiger partial charge in [0.25, 0.3) is 5.91 Å². The summed E-state index contributed by atoms with van der Waals surface area (Å²) in [6.45, 7) is 3.48. The van der Waals surface area contributed by atoms with Gasteiger partial charge >= 0.3 is 0 Å². The summed E-state index contributed by atoms with van der Waals surface area (Å²) in [5.74, 6) is 7.81. The number of rotatable bonds is 1. The van der Waals surface area contributed by atoms with E-state index in [4.69, 9.17) is 5.11 Å². The molecule has 0 aromatic carbocycles. The van der Waals surface area contributed by atoms with Crippen molar-refractivity contribution in [3.05, 3.63) is 21.4 Å². The number of carbonyl (C=O) groups excluding carboxylic acids is 1. The molecular weight excluding hydrogens is 278 g/mol. The summed E-state index contributed by atoms with van der Waals surface area (Å²) in [5.41, 5.74) is 1.01. The molecule has 0 aliphatic carbocycles. The van der Waals surface area contributed by atoms with Gasteiger partial charge in [0.1, 0.15) is 6.61 Å². The van der Waals surface area contributed by atoms with Crippen molar-refractivity contribution in [3.8, 4) is 11.8 Å². The summed E-state index contributed by atoms with van der Waals surface area (Å²) >= 11 is 3.34. The molecule has 0 radical (unpaired) electrons. The normalized spacial score (nSPS) is 15.6. The van der Waals surface area contributed by atoms with Gasteiger partial charge in [-0.3, -0.25) is 4.79 Å². The van der Waals surface area contributed by atoms with Gasteiger partial charge in [0.05, 0.1) is 9.75 Å². The molecule has 1 aromatic heterocycles. The van der Waals surface area contributed by atoms with Crippen LogP contribution in [0.15, 0.2) is 6.07 Å². The number of aliphatic hydroxyl groups excluding tert-OH is 1. The van der Waals surface area contributed by atoms with Crippen LogP contribution in [0.5, 0.6) is 0 Å². The molecule has 0 bridgehead atoms. The lowest BCUT2D eigenvalue weighted by molar-refractivity contribution is 0.0773. The molecule has 1 amide bonds. The SMILES string of the molecule is Cc1cc(C(=O)N2CCCSCC2)sc1C#CCO. The lowest BCUT2D eigenvalue weighted by Crippen LogP contribution is -2.32. The Labute approximate surface area is 122 Å². The Kier molecular flexibility index (Phi) is 5.32. The Balaban J connectivity index is 2.14. The molecule has 2 heterocycles. The molecule has 2 rings (SSSR count). The fourth-order valence-electron chi connectivity index (χ4n) is 1.94. The van der Waals surface area contributed by atoms with Crippen LogP contribution in [-0.2, 0) is 0 Å². The van der Waals surface area contributed by atoms with Crippen LogP contribution in [-0.4, -0.2) is 47.1 Å². The zero-order valence-electron chi connectivity index (χ0n) is 10.9. The first-order valence-corrected chi connectivity index (χ1v) is 8.26. The zero-order chi connectivity index (χ0) is 13.7. The van der Waals surface area contributed by atoms with Crippen LogP contribution in [0.1, 0.15) is 26.5 Å². The minimum atomic E-state index is -0.149. The lowest BCUT2D eigenvalue weighted by atomic mass is 10.2. The van der Waals surface area contributed by atoms with Crippen molar-refractivity contribution < 1.29 is 9.90 Å². The highest BCUT2D eigenvalue weighted by Gasteiger charge is 2.19. The third kappa shape index (κ3) is 3.75. The molecule has 1 aliphatic rings. The number of aliphatic hydroxyl groups is 1. The van der Waals surface area contributed by atoms with Crippen molar-refractivity contribution >= 4 is 29.0 Å². The number of thiophene rings is 1. The molecule has 0 saturated carbocycles. The Morgan fingerprint density at radius 2 is 2.32 bits per heavy atom. The second kappa shape index (κ2) is 6.99. The van der Waals surface area contributed by atoms with Crippen molar-refractivity contribution in [2.45, 2.75) is 13.3 Å². The number of amides is 1. The van der Waals surface area contributed by atoms with E-state index in [-0.39, 0.29) is 12.5 Å². The second-order valence-electron chi connectivity index (χ2n) is 4.34. The van der Waals surface area contributed by atoms with Gasteiger partial charge in [-0.05, 0) is 30.7 Å². The van der Waals surface area contributed by atoms with Crippen LogP contribution in [0.25, 0.3) is 0 Å². The van der Waals surface area contributed by atoms with Crippen LogP contribution in [0.4, 0.5) is 0 Å². The lowest BCUT2D eigenvalue weighted by Gasteiger charge is -2.18. The maximum Gasteiger partial charge on any atom is 0.264 e. The Morgan fingerprint density at radius 1 is 1.47 bits per heavy atom. The highest BCUT2D eigenvalue weighted by Crippen LogP contribution is 2.23.